The van der Waals surface area contributed by atoms with Gasteiger partial charge >= 0.3 is 0 Å². The number of hydrogen-bond acceptors (Lipinski definition) is 1. The summed E-state index contributed by atoms with van der Waals surface area (Å²) >= 11 is 5.58. The van der Waals surface area contributed by atoms with Gasteiger partial charge in [0, 0.05) is 11.6 Å². The van der Waals surface area contributed by atoms with E-state index in [4.69, 9.17) is 11.6 Å². The molecule has 1 rings (SSSR count). The summed E-state index contributed by atoms with van der Waals surface area (Å²) in [5, 5.41) is 2.89. The lowest BCUT2D eigenvalue weighted by Crippen LogP contribution is -2.25. The van der Waals surface area contributed by atoms with Crippen LogP contribution >= 0.6 is 11.6 Å². The Morgan fingerprint density at radius 2 is 2.33 bits per heavy atom. The molecular formula is C11H11ClFNO. The molecule has 1 N–H and O–H groups in total. The zero-order valence-electron chi connectivity index (χ0n) is 8.09. The first-order valence-electron chi connectivity index (χ1n) is 4.45. The second-order valence-electron chi connectivity index (χ2n) is 3.01. The lowest BCUT2D eigenvalue weighted by atomic mass is 10.1. The fourth-order valence-electron chi connectivity index (χ4n) is 1.09. The van der Waals surface area contributed by atoms with Crippen molar-refractivity contribution in [3.8, 4) is 0 Å². The smallest absolute Gasteiger partial charge is 0.224 e. The molecule has 0 unspecified atom stereocenters. The molecule has 1 aromatic rings. The molecule has 1 aromatic carbocycles. The summed E-state index contributed by atoms with van der Waals surface area (Å²) in [6.45, 7) is 3.85. The summed E-state index contributed by atoms with van der Waals surface area (Å²) in [7, 11) is 0. The average molecular weight is 228 g/mol. The molecule has 0 aliphatic carbocycles. The van der Waals surface area contributed by atoms with Crippen LogP contribution in [-0.2, 0) is 11.2 Å². The van der Waals surface area contributed by atoms with Gasteiger partial charge < -0.3 is 5.32 Å². The highest BCUT2D eigenvalue weighted by molar-refractivity contribution is 6.30. The second-order valence-corrected chi connectivity index (χ2v) is 3.44. The van der Waals surface area contributed by atoms with Gasteiger partial charge in [0.25, 0.3) is 0 Å². The Hall–Kier alpha value is -1.35. The topological polar surface area (TPSA) is 29.1 Å². The lowest BCUT2D eigenvalue weighted by Gasteiger charge is -2.04. The van der Waals surface area contributed by atoms with E-state index >= 15 is 0 Å². The monoisotopic (exact) mass is 227 g/mol. The minimum atomic E-state index is -0.462. The van der Waals surface area contributed by atoms with E-state index in [0.717, 1.165) is 0 Å². The van der Waals surface area contributed by atoms with Crippen molar-refractivity contribution in [2.75, 3.05) is 6.54 Å². The van der Waals surface area contributed by atoms with Crippen LogP contribution in [0.5, 0.6) is 0 Å². The number of benzene rings is 1. The highest BCUT2D eigenvalue weighted by Crippen LogP contribution is 2.14. The van der Waals surface area contributed by atoms with Gasteiger partial charge in [0.1, 0.15) is 5.82 Å². The fourth-order valence-corrected chi connectivity index (χ4v) is 1.25. The van der Waals surface area contributed by atoms with Crippen LogP contribution in [0.15, 0.2) is 30.9 Å². The molecule has 0 spiro atoms. The highest BCUT2D eigenvalue weighted by atomic mass is 35.5. The standard InChI is InChI=1S/C11H11ClFNO/c1-2-5-14-11(15)6-8-3-4-9(12)7-10(8)13/h2-4,7H,1,5-6H2,(H,14,15). The van der Waals surface area contributed by atoms with Gasteiger partial charge in [0.2, 0.25) is 5.91 Å². The Balaban J connectivity index is 2.64. The van der Waals surface area contributed by atoms with Crippen LogP contribution in [-0.4, -0.2) is 12.5 Å². The van der Waals surface area contributed by atoms with Crippen molar-refractivity contribution in [3.63, 3.8) is 0 Å². The van der Waals surface area contributed by atoms with Crippen molar-refractivity contribution in [1.82, 2.24) is 5.32 Å². The third-order valence-electron chi connectivity index (χ3n) is 1.81. The van der Waals surface area contributed by atoms with E-state index in [-0.39, 0.29) is 12.3 Å². The van der Waals surface area contributed by atoms with Crippen LogP contribution in [0.4, 0.5) is 4.39 Å². The first-order chi connectivity index (χ1) is 7.13. The summed E-state index contributed by atoms with van der Waals surface area (Å²) in [6, 6.07) is 4.25. The number of carbonyl (C=O) groups is 1. The van der Waals surface area contributed by atoms with Gasteiger partial charge in [-0.15, -0.1) is 6.58 Å². The quantitative estimate of drug-likeness (QED) is 0.786. The molecule has 1 amide bonds. The van der Waals surface area contributed by atoms with Crippen molar-refractivity contribution in [3.05, 3.63) is 47.3 Å². The number of halogens is 2. The minimum Gasteiger partial charge on any atom is -0.352 e. The van der Waals surface area contributed by atoms with Gasteiger partial charge in [-0.05, 0) is 17.7 Å². The number of hydrogen-bond donors (Lipinski definition) is 1. The summed E-state index contributed by atoms with van der Waals surface area (Å²) in [5.41, 5.74) is 0.334. The predicted molar refractivity (Wildman–Crippen MR) is 58.3 cm³/mol. The normalized spacial score (nSPS) is 9.73. The lowest BCUT2D eigenvalue weighted by molar-refractivity contribution is -0.120. The van der Waals surface area contributed by atoms with Crippen LogP contribution in [0.25, 0.3) is 0 Å². The van der Waals surface area contributed by atoms with E-state index in [1.807, 2.05) is 0 Å². The van der Waals surface area contributed by atoms with E-state index < -0.39 is 5.82 Å². The molecule has 0 aliphatic rings. The number of amides is 1. The van der Waals surface area contributed by atoms with Crippen molar-refractivity contribution < 1.29 is 9.18 Å². The van der Waals surface area contributed by atoms with Gasteiger partial charge in [0.15, 0.2) is 0 Å². The molecule has 0 aliphatic heterocycles. The van der Waals surface area contributed by atoms with Crippen molar-refractivity contribution in [2.24, 2.45) is 0 Å². The maximum absolute atomic E-state index is 13.2. The molecule has 0 saturated carbocycles. The maximum atomic E-state index is 13.2. The minimum absolute atomic E-state index is 0.0108. The van der Waals surface area contributed by atoms with E-state index in [9.17, 15) is 9.18 Å². The molecule has 0 saturated heterocycles. The molecule has 15 heavy (non-hydrogen) atoms. The van der Waals surface area contributed by atoms with Crippen LogP contribution in [0.2, 0.25) is 5.02 Å². The fraction of sp³-hybridized carbons (Fsp3) is 0.182. The van der Waals surface area contributed by atoms with Gasteiger partial charge in [-0.1, -0.05) is 23.7 Å². The summed E-state index contributed by atoms with van der Waals surface area (Å²) in [6.07, 6.45) is 1.58. The van der Waals surface area contributed by atoms with Crippen LogP contribution in [0.3, 0.4) is 0 Å². The SMILES string of the molecule is C=CCNC(=O)Cc1ccc(Cl)cc1F. The highest BCUT2D eigenvalue weighted by Gasteiger charge is 2.07. The number of nitrogens with one attached hydrogen (secondary N) is 1. The molecule has 0 fully saturated rings. The molecule has 0 atom stereocenters. The molecule has 0 heterocycles. The summed E-state index contributed by atoms with van der Waals surface area (Å²) < 4.78 is 13.2. The first-order valence-corrected chi connectivity index (χ1v) is 4.83. The van der Waals surface area contributed by atoms with E-state index in [2.05, 4.69) is 11.9 Å². The van der Waals surface area contributed by atoms with Crippen LogP contribution in [0, 0.1) is 5.82 Å². The molecule has 0 radical (unpaired) electrons. The first kappa shape index (κ1) is 11.7. The third kappa shape index (κ3) is 3.72. The summed E-state index contributed by atoms with van der Waals surface area (Å²) in [5.74, 6) is -0.702. The van der Waals surface area contributed by atoms with E-state index in [0.29, 0.717) is 17.1 Å². The van der Waals surface area contributed by atoms with Crippen molar-refractivity contribution in [2.45, 2.75) is 6.42 Å². The molecular weight excluding hydrogens is 217 g/mol. The molecule has 0 aromatic heterocycles. The predicted octanol–water partition coefficient (Wildman–Crippen LogP) is 2.32. The molecule has 2 nitrogen and oxygen atoms in total. The largest absolute Gasteiger partial charge is 0.352 e. The van der Waals surface area contributed by atoms with Crippen LogP contribution in [0.1, 0.15) is 5.56 Å². The van der Waals surface area contributed by atoms with Gasteiger partial charge in [-0.25, -0.2) is 4.39 Å². The Bertz CT molecular complexity index is 379. The maximum Gasteiger partial charge on any atom is 0.224 e. The van der Waals surface area contributed by atoms with E-state index in [1.54, 1.807) is 12.1 Å². The molecule has 0 bridgehead atoms. The Morgan fingerprint density at radius 3 is 2.93 bits per heavy atom. The Kier molecular flexibility index (Phi) is 4.31. The van der Waals surface area contributed by atoms with E-state index in [1.165, 1.54) is 12.1 Å². The van der Waals surface area contributed by atoms with Crippen molar-refractivity contribution >= 4 is 17.5 Å². The van der Waals surface area contributed by atoms with Crippen molar-refractivity contribution in [1.29, 1.82) is 0 Å². The Morgan fingerprint density at radius 1 is 1.60 bits per heavy atom. The number of carbonyl (C=O) groups excluding carboxylic acids is 1. The third-order valence-corrected chi connectivity index (χ3v) is 2.04. The van der Waals surface area contributed by atoms with Gasteiger partial charge in [0.05, 0.1) is 6.42 Å². The van der Waals surface area contributed by atoms with Crippen LogP contribution < -0.4 is 5.32 Å². The Labute approximate surface area is 92.7 Å². The zero-order valence-corrected chi connectivity index (χ0v) is 8.85. The summed E-state index contributed by atoms with van der Waals surface area (Å²) in [4.78, 5) is 11.2. The zero-order chi connectivity index (χ0) is 11.3. The average Bonchev–Trinajstić information content (AvgIpc) is 2.19. The van der Waals surface area contributed by atoms with Gasteiger partial charge in [-0.2, -0.15) is 0 Å². The number of rotatable bonds is 4. The molecule has 4 heteroatoms. The van der Waals surface area contributed by atoms with Gasteiger partial charge in [-0.3, -0.25) is 4.79 Å². The second kappa shape index (κ2) is 5.51. The molecule has 80 valence electrons.